The van der Waals surface area contributed by atoms with Crippen molar-refractivity contribution in [3.63, 3.8) is 0 Å². The van der Waals surface area contributed by atoms with Gasteiger partial charge in [-0.25, -0.2) is 0 Å². The van der Waals surface area contributed by atoms with Gasteiger partial charge < -0.3 is 4.74 Å². The molecule has 0 N–H and O–H groups in total. The van der Waals surface area contributed by atoms with Crippen LogP contribution in [-0.4, -0.2) is 11.9 Å². The minimum Gasteiger partial charge on any atom is -0.487 e. The van der Waals surface area contributed by atoms with Crippen LogP contribution >= 0.6 is 0 Å². The van der Waals surface area contributed by atoms with E-state index >= 15 is 0 Å². The van der Waals surface area contributed by atoms with Crippen LogP contribution in [0.15, 0.2) is 11.8 Å². The first-order chi connectivity index (χ1) is 5.77. The monoisotopic (exact) mass is 168 g/mol. The van der Waals surface area contributed by atoms with Crippen LogP contribution in [0.1, 0.15) is 39.5 Å². The standard InChI is InChI=1S/C10H16O2/c1-3-8-6-5-7-10(12-8)9(11)4-2/h6,10H,3-5,7H2,1-2H3. The lowest BCUT2D eigenvalue weighted by Crippen LogP contribution is -2.25. The molecule has 1 atom stereocenters. The summed E-state index contributed by atoms with van der Waals surface area (Å²) in [5, 5.41) is 0. The van der Waals surface area contributed by atoms with Gasteiger partial charge in [0.15, 0.2) is 11.9 Å². The lowest BCUT2D eigenvalue weighted by atomic mass is 10.0. The number of ketones is 1. The number of allylic oxidation sites excluding steroid dienone is 2. The van der Waals surface area contributed by atoms with Gasteiger partial charge in [0.1, 0.15) is 0 Å². The normalized spacial score (nSPS) is 22.8. The smallest absolute Gasteiger partial charge is 0.173 e. The zero-order valence-electron chi connectivity index (χ0n) is 7.80. The summed E-state index contributed by atoms with van der Waals surface area (Å²) < 4.78 is 5.50. The highest BCUT2D eigenvalue weighted by Gasteiger charge is 2.21. The molecule has 0 aromatic carbocycles. The SMILES string of the molecule is CCC(=O)C1CCC=C(CC)O1. The molecule has 0 aromatic heterocycles. The van der Waals surface area contributed by atoms with Gasteiger partial charge in [0.05, 0.1) is 5.76 Å². The van der Waals surface area contributed by atoms with E-state index in [0.717, 1.165) is 25.0 Å². The molecule has 1 unspecified atom stereocenters. The molecular weight excluding hydrogens is 152 g/mol. The fraction of sp³-hybridized carbons (Fsp3) is 0.700. The maximum Gasteiger partial charge on any atom is 0.173 e. The number of hydrogen-bond acceptors (Lipinski definition) is 2. The van der Waals surface area contributed by atoms with Crippen molar-refractivity contribution in [1.82, 2.24) is 0 Å². The highest BCUT2D eigenvalue weighted by atomic mass is 16.5. The minimum absolute atomic E-state index is 0.157. The van der Waals surface area contributed by atoms with E-state index in [4.69, 9.17) is 4.74 Å². The van der Waals surface area contributed by atoms with Crippen molar-refractivity contribution in [3.05, 3.63) is 11.8 Å². The van der Waals surface area contributed by atoms with Crippen molar-refractivity contribution in [1.29, 1.82) is 0 Å². The molecule has 0 spiro atoms. The summed E-state index contributed by atoms with van der Waals surface area (Å²) in [4.78, 5) is 11.3. The average molecular weight is 168 g/mol. The Hall–Kier alpha value is -0.790. The van der Waals surface area contributed by atoms with Gasteiger partial charge >= 0.3 is 0 Å². The van der Waals surface area contributed by atoms with E-state index in [9.17, 15) is 4.79 Å². The summed E-state index contributed by atoms with van der Waals surface area (Å²) in [6.45, 7) is 3.93. The summed E-state index contributed by atoms with van der Waals surface area (Å²) in [7, 11) is 0. The number of hydrogen-bond donors (Lipinski definition) is 0. The average Bonchev–Trinajstić information content (AvgIpc) is 2.17. The third-order valence-corrected chi connectivity index (χ3v) is 2.15. The van der Waals surface area contributed by atoms with E-state index < -0.39 is 0 Å². The summed E-state index contributed by atoms with van der Waals surface area (Å²) >= 11 is 0. The number of carbonyl (C=O) groups excluding carboxylic acids is 1. The quantitative estimate of drug-likeness (QED) is 0.647. The van der Waals surface area contributed by atoms with Gasteiger partial charge in [0, 0.05) is 12.8 Å². The van der Waals surface area contributed by atoms with Crippen molar-refractivity contribution in [3.8, 4) is 0 Å². The lowest BCUT2D eigenvalue weighted by Gasteiger charge is -2.22. The third kappa shape index (κ3) is 2.10. The first-order valence-corrected chi connectivity index (χ1v) is 4.66. The topological polar surface area (TPSA) is 26.3 Å². The van der Waals surface area contributed by atoms with E-state index in [1.165, 1.54) is 0 Å². The zero-order valence-corrected chi connectivity index (χ0v) is 7.80. The summed E-state index contributed by atoms with van der Waals surface area (Å²) in [5.41, 5.74) is 0. The van der Waals surface area contributed by atoms with Crippen LogP contribution < -0.4 is 0 Å². The maximum absolute atomic E-state index is 11.3. The highest BCUT2D eigenvalue weighted by molar-refractivity contribution is 5.83. The van der Waals surface area contributed by atoms with Crippen LogP contribution in [0.2, 0.25) is 0 Å². The second kappa shape index (κ2) is 4.29. The summed E-state index contributed by atoms with van der Waals surface area (Å²) in [6, 6.07) is 0. The molecule has 1 aliphatic rings. The molecular formula is C10H16O2. The molecule has 0 saturated carbocycles. The van der Waals surface area contributed by atoms with Crippen molar-refractivity contribution in [2.45, 2.75) is 45.6 Å². The second-order valence-electron chi connectivity index (χ2n) is 3.03. The predicted octanol–water partition coefficient (Wildman–Crippen LogP) is 2.44. The van der Waals surface area contributed by atoms with Crippen molar-refractivity contribution >= 4 is 5.78 Å². The van der Waals surface area contributed by atoms with E-state index in [-0.39, 0.29) is 11.9 Å². The molecule has 2 nitrogen and oxygen atoms in total. The van der Waals surface area contributed by atoms with Crippen LogP contribution in [0.4, 0.5) is 0 Å². The molecule has 12 heavy (non-hydrogen) atoms. The number of rotatable bonds is 3. The number of carbonyl (C=O) groups is 1. The fourth-order valence-electron chi connectivity index (χ4n) is 1.37. The Balaban J connectivity index is 2.51. The number of Topliss-reactive ketones (excluding diaryl/α,β-unsaturated/α-hetero) is 1. The molecule has 0 aromatic rings. The molecule has 68 valence electrons. The van der Waals surface area contributed by atoms with E-state index in [1.54, 1.807) is 0 Å². The van der Waals surface area contributed by atoms with Crippen LogP contribution in [0, 0.1) is 0 Å². The van der Waals surface area contributed by atoms with Gasteiger partial charge in [0.2, 0.25) is 0 Å². The van der Waals surface area contributed by atoms with E-state index in [2.05, 4.69) is 6.08 Å². The van der Waals surface area contributed by atoms with Crippen LogP contribution in [0.25, 0.3) is 0 Å². The lowest BCUT2D eigenvalue weighted by molar-refractivity contribution is -0.128. The van der Waals surface area contributed by atoms with Gasteiger partial charge in [-0.05, 0) is 18.9 Å². The Morgan fingerprint density at radius 2 is 2.42 bits per heavy atom. The van der Waals surface area contributed by atoms with Crippen molar-refractivity contribution < 1.29 is 9.53 Å². The van der Waals surface area contributed by atoms with Gasteiger partial charge in [-0.2, -0.15) is 0 Å². The summed E-state index contributed by atoms with van der Waals surface area (Å²) in [6.07, 6.45) is 5.25. The van der Waals surface area contributed by atoms with Crippen molar-refractivity contribution in [2.75, 3.05) is 0 Å². The Kier molecular flexibility index (Phi) is 3.32. The second-order valence-corrected chi connectivity index (χ2v) is 3.03. The molecule has 1 aliphatic heterocycles. The number of ether oxygens (including phenoxy) is 1. The van der Waals surface area contributed by atoms with Gasteiger partial charge in [0.25, 0.3) is 0 Å². The van der Waals surface area contributed by atoms with Gasteiger partial charge in [-0.1, -0.05) is 13.8 Å². The van der Waals surface area contributed by atoms with E-state index in [1.807, 2.05) is 13.8 Å². The molecule has 1 heterocycles. The molecule has 2 heteroatoms. The third-order valence-electron chi connectivity index (χ3n) is 2.15. The molecule has 0 radical (unpaired) electrons. The van der Waals surface area contributed by atoms with Crippen LogP contribution in [-0.2, 0) is 9.53 Å². The molecule has 0 bridgehead atoms. The molecule has 0 fully saturated rings. The first kappa shape index (κ1) is 9.30. The van der Waals surface area contributed by atoms with Gasteiger partial charge in [-0.15, -0.1) is 0 Å². The van der Waals surface area contributed by atoms with Crippen LogP contribution in [0.5, 0.6) is 0 Å². The first-order valence-electron chi connectivity index (χ1n) is 4.66. The minimum atomic E-state index is -0.157. The highest BCUT2D eigenvalue weighted by Crippen LogP contribution is 2.20. The van der Waals surface area contributed by atoms with Gasteiger partial charge in [-0.3, -0.25) is 4.79 Å². The summed E-state index contributed by atoms with van der Waals surface area (Å²) in [5.74, 6) is 1.21. The molecule has 0 amide bonds. The maximum atomic E-state index is 11.3. The Morgan fingerprint density at radius 1 is 1.67 bits per heavy atom. The van der Waals surface area contributed by atoms with Crippen LogP contribution in [0.3, 0.4) is 0 Å². The van der Waals surface area contributed by atoms with E-state index in [0.29, 0.717) is 6.42 Å². The fourth-order valence-corrected chi connectivity index (χ4v) is 1.37. The zero-order chi connectivity index (χ0) is 8.97. The largest absolute Gasteiger partial charge is 0.487 e. The van der Waals surface area contributed by atoms with Crippen molar-refractivity contribution in [2.24, 2.45) is 0 Å². The predicted molar refractivity (Wildman–Crippen MR) is 47.8 cm³/mol. The Bertz CT molecular complexity index is 194. The molecule has 0 aliphatic carbocycles. The molecule has 1 rings (SSSR count). The Labute approximate surface area is 73.6 Å². The molecule has 0 saturated heterocycles. The Morgan fingerprint density at radius 3 is 3.00 bits per heavy atom.